The minimum absolute atomic E-state index is 0.0441. The molecule has 0 bridgehead atoms. The first-order valence-corrected chi connectivity index (χ1v) is 7.52. The number of hydrogen-bond acceptors (Lipinski definition) is 5. The number of nitrogen functional groups attached to an aromatic ring is 1. The number of hydrogen-bond donors (Lipinski definition) is 2. The number of hydrazine groups is 1. The molecule has 2 amide bonds. The van der Waals surface area contributed by atoms with Crippen molar-refractivity contribution in [2.45, 2.75) is 25.8 Å². The van der Waals surface area contributed by atoms with E-state index in [-0.39, 0.29) is 12.5 Å². The second-order valence-corrected chi connectivity index (χ2v) is 5.79. The van der Waals surface area contributed by atoms with Crippen LogP contribution in [0, 0.1) is 0 Å². The van der Waals surface area contributed by atoms with Gasteiger partial charge < -0.3 is 9.32 Å². The van der Waals surface area contributed by atoms with Gasteiger partial charge in [-0.3, -0.25) is 15.0 Å². The Morgan fingerprint density at radius 2 is 2.29 bits per heavy atom. The van der Waals surface area contributed by atoms with Crippen LogP contribution < -0.4 is 16.2 Å². The zero-order chi connectivity index (χ0) is 14.8. The summed E-state index contributed by atoms with van der Waals surface area (Å²) in [5.41, 5.74) is 3.35. The van der Waals surface area contributed by atoms with Gasteiger partial charge in [0.1, 0.15) is 5.76 Å². The van der Waals surface area contributed by atoms with Crippen molar-refractivity contribution in [2.75, 3.05) is 4.90 Å². The molecule has 3 heterocycles. The van der Waals surface area contributed by atoms with Crippen LogP contribution in [0.1, 0.15) is 33.8 Å². The number of nitrogens with zero attached hydrogens (tertiary/aromatic N) is 1. The van der Waals surface area contributed by atoms with E-state index in [1.807, 2.05) is 11.4 Å². The van der Waals surface area contributed by atoms with Gasteiger partial charge in [-0.25, -0.2) is 5.84 Å². The molecule has 0 unspecified atom stereocenters. The van der Waals surface area contributed by atoms with Crippen LogP contribution in [-0.4, -0.2) is 11.8 Å². The number of carbonyl (C=O) groups is 2. The van der Waals surface area contributed by atoms with Crippen molar-refractivity contribution < 1.29 is 14.0 Å². The Hall–Kier alpha value is -2.12. The lowest BCUT2D eigenvalue weighted by atomic mass is 10.2. The summed E-state index contributed by atoms with van der Waals surface area (Å²) >= 11 is 1.65. The third kappa shape index (κ3) is 2.57. The molecule has 21 heavy (non-hydrogen) atoms. The fourth-order valence-corrected chi connectivity index (χ4v) is 3.41. The zero-order valence-corrected chi connectivity index (χ0v) is 12.1. The second kappa shape index (κ2) is 5.71. The zero-order valence-electron chi connectivity index (χ0n) is 11.3. The monoisotopic (exact) mass is 305 g/mol. The number of nitrogens with one attached hydrogen (secondary N) is 1. The minimum atomic E-state index is -0.424. The Labute approximate surface area is 125 Å². The summed E-state index contributed by atoms with van der Waals surface area (Å²) < 4.78 is 5.36. The first-order chi connectivity index (χ1) is 10.2. The van der Waals surface area contributed by atoms with E-state index in [9.17, 15) is 9.59 Å². The third-order valence-corrected chi connectivity index (χ3v) is 4.50. The van der Waals surface area contributed by atoms with Crippen molar-refractivity contribution >= 4 is 28.8 Å². The summed E-state index contributed by atoms with van der Waals surface area (Å²) in [6, 6.07) is 3.49. The van der Waals surface area contributed by atoms with Crippen LogP contribution >= 0.6 is 11.3 Å². The van der Waals surface area contributed by atoms with E-state index in [1.165, 1.54) is 11.1 Å². The molecule has 2 aromatic heterocycles. The Kier molecular flexibility index (Phi) is 3.76. The summed E-state index contributed by atoms with van der Waals surface area (Å²) in [4.78, 5) is 26.9. The van der Waals surface area contributed by atoms with Gasteiger partial charge in [-0.1, -0.05) is 0 Å². The van der Waals surface area contributed by atoms with Gasteiger partial charge in [-0.15, -0.1) is 11.3 Å². The fraction of sp³-hybridized carbons (Fsp3) is 0.286. The lowest BCUT2D eigenvalue weighted by molar-refractivity contribution is -0.118. The van der Waals surface area contributed by atoms with E-state index < -0.39 is 5.91 Å². The lowest BCUT2D eigenvalue weighted by Gasteiger charge is -2.20. The highest BCUT2D eigenvalue weighted by Crippen LogP contribution is 2.33. The number of thiophene rings is 1. The van der Waals surface area contributed by atoms with E-state index in [4.69, 9.17) is 10.3 Å². The fourth-order valence-electron chi connectivity index (χ4n) is 2.49. The molecule has 0 saturated heterocycles. The first kappa shape index (κ1) is 13.8. The smallest absolute Gasteiger partial charge is 0.268 e. The maximum absolute atomic E-state index is 12.3. The lowest BCUT2D eigenvalue weighted by Crippen LogP contribution is -2.33. The molecule has 6 nitrogen and oxygen atoms in total. The number of fused-ring (bicyclic) bond motifs is 1. The molecule has 0 aliphatic carbocycles. The summed E-state index contributed by atoms with van der Waals surface area (Å²) in [5, 5.41) is 1.98. The molecule has 1 aliphatic rings. The molecule has 0 aromatic carbocycles. The molecule has 7 heteroatoms. The normalized spacial score (nSPS) is 14.7. The molecular weight excluding hydrogens is 290 g/mol. The van der Waals surface area contributed by atoms with E-state index in [2.05, 4.69) is 5.43 Å². The van der Waals surface area contributed by atoms with Crippen LogP contribution in [0.5, 0.6) is 0 Å². The van der Waals surface area contributed by atoms with Crippen molar-refractivity contribution in [2.24, 2.45) is 5.84 Å². The van der Waals surface area contributed by atoms with E-state index in [1.54, 1.807) is 22.3 Å². The number of aryl methyl sites for hydroxylation is 1. The largest absolute Gasteiger partial charge is 0.467 e. The number of carbonyl (C=O) groups excluding carboxylic acids is 2. The topological polar surface area (TPSA) is 88.6 Å². The van der Waals surface area contributed by atoms with Gasteiger partial charge in [0.05, 0.1) is 24.1 Å². The highest BCUT2D eigenvalue weighted by atomic mass is 32.1. The van der Waals surface area contributed by atoms with Crippen molar-refractivity contribution in [3.05, 3.63) is 40.0 Å². The average molecular weight is 305 g/mol. The van der Waals surface area contributed by atoms with E-state index in [0.717, 1.165) is 18.5 Å². The predicted molar refractivity (Wildman–Crippen MR) is 78.8 cm³/mol. The second-order valence-electron chi connectivity index (χ2n) is 4.79. The summed E-state index contributed by atoms with van der Waals surface area (Å²) in [7, 11) is 0. The molecule has 110 valence electrons. The summed E-state index contributed by atoms with van der Waals surface area (Å²) in [5.74, 6) is 5.21. The van der Waals surface area contributed by atoms with Crippen LogP contribution in [0.25, 0.3) is 0 Å². The van der Waals surface area contributed by atoms with Crippen molar-refractivity contribution in [3.63, 3.8) is 0 Å². The number of rotatable bonds is 3. The summed E-state index contributed by atoms with van der Waals surface area (Å²) in [6.07, 6.45) is 3.68. The van der Waals surface area contributed by atoms with Crippen LogP contribution in [0.15, 0.2) is 28.2 Å². The first-order valence-electron chi connectivity index (χ1n) is 6.64. The Bertz CT molecular complexity index is 677. The van der Waals surface area contributed by atoms with Crippen LogP contribution in [0.3, 0.4) is 0 Å². The maximum Gasteiger partial charge on any atom is 0.268 e. The minimum Gasteiger partial charge on any atom is -0.467 e. The standard InChI is InChI=1S/C14H15N3O3S/c15-16-14(19)9-4-6-20-11(9)8-17-10-5-7-21-12(10)2-1-3-13(17)18/h4-7H,1-3,8,15H2,(H,16,19). The highest BCUT2D eigenvalue weighted by molar-refractivity contribution is 7.10. The van der Waals surface area contributed by atoms with Crippen LogP contribution in [0.4, 0.5) is 5.69 Å². The molecule has 0 atom stereocenters. The molecule has 0 spiro atoms. The average Bonchev–Trinajstić information content (AvgIpc) is 3.10. The molecule has 0 fully saturated rings. The molecule has 2 aromatic rings. The number of anilines is 1. The predicted octanol–water partition coefficient (Wildman–Crippen LogP) is 1.81. The van der Waals surface area contributed by atoms with Gasteiger partial charge in [0.25, 0.3) is 5.91 Å². The third-order valence-electron chi connectivity index (χ3n) is 3.53. The van der Waals surface area contributed by atoms with Gasteiger partial charge >= 0.3 is 0 Å². The van der Waals surface area contributed by atoms with Gasteiger partial charge in [0, 0.05) is 11.3 Å². The molecule has 3 N–H and O–H groups in total. The summed E-state index contributed by atoms with van der Waals surface area (Å²) in [6.45, 7) is 0.234. The number of nitrogens with two attached hydrogens (primary N) is 1. The molecule has 0 radical (unpaired) electrons. The van der Waals surface area contributed by atoms with Gasteiger partial charge in [0.15, 0.2) is 0 Å². The van der Waals surface area contributed by atoms with Gasteiger partial charge in [0.2, 0.25) is 5.91 Å². The highest BCUT2D eigenvalue weighted by Gasteiger charge is 2.26. The van der Waals surface area contributed by atoms with Gasteiger partial charge in [-0.2, -0.15) is 0 Å². The molecule has 3 rings (SSSR count). The Morgan fingerprint density at radius 1 is 1.43 bits per heavy atom. The Balaban J connectivity index is 1.92. The molecular formula is C14H15N3O3S. The molecule has 0 saturated carbocycles. The van der Waals surface area contributed by atoms with Crippen molar-refractivity contribution in [3.8, 4) is 0 Å². The Morgan fingerprint density at radius 3 is 3.10 bits per heavy atom. The maximum atomic E-state index is 12.3. The van der Waals surface area contributed by atoms with Crippen molar-refractivity contribution in [1.82, 2.24) is 5.43 Å². The number of amides is 2. The quantitative estimate of drug-likeness (QED) is 0.514. The van der Waals surface area contributed by atoms with Gasteiger partial charge in [-0.05, 0) is 30.4 Å². The number of furan rings is 1. The molecule has 1 aliphatic heterocycles. The van der Waals surface area contributed by atoms with Crippen molar-refractivity contribution in [1.29, 1.82) is 0 Å². The van der Waals surface area contributed by atoms with Crippen LogP contribution in [-0.2, 0) is 17.8 Å². The van der Waals surface area contributed by atoms with E-state index in [0.29, 0.717) is 17.7 Å². The van der Waals surface area contributed by atoms with E-state index >= 15 is 0 Å². The van der Waals surface area contributed by atoms with Crippen LogP contribution in [0.2, 0.25) is 0 Å². The SMILES string of the molecule is NNC(=O)c1ccoc1CN1C(=O)CCCc2sccc21.